The second-order valence-corrected chi connectivity index (χ2v) is 6.40. The standard InChI is InChI=1S/C16H34/c1-7-11-13-15(5,6)14-16(9-3,10-4)12-8-2/h7-14H2,1-6H3. The highest BCUT2D eigenvalue weighted by atomic mass is 14.4. The van der Waals surface area contributed by atoms with E-state index in [9.17, 15) is 0 Å². The van der Waals surface area contributed by atoms with Gasteiger partial charge in [-0.25, -0.2) is 0 Å². The summed E-state index contributed by atoms with van der Waals surface area (Å²) < 4.78 is 0. The van der Waals surface area contributed by atoms with E-state index < -0.39 is 0 Å². The van der Waals surface area contributed by atoms with Crippen molar-refractivity contribution < 1.29 is 0 Å². The molecule has 0 atom stereocenters. The lowest BCUT2D eigenvalue weighted by Gasteiger charge is -2.39. The SMILES string of the molecule is CCCCC(C)(C)CC(CC)(CC)CCC. The zero-order valence-electron chi connectivity index (χ0n) is 12.7. The fourth-order valence-electron chi connectivity index (χ4n) is 3.23. The minimum absolute atomic E-state index is 0.539. The molecule has 0 heterocycles. The zero-order chi connectivity index (χ0) is 12.7. The average Bonchev–Trinajstić information content (AvgIpc) is 2.25. The summed E-state index contributed by atoms with van der Waals surface area (Å²) in [7, 11) is 0. The fourth-order valence-corrected chi connectivity index (χ4v) is 3.23. The molecule has 0 nitrogen and oxygen atoms in total. The summed E-state index contributed by atoms with van der Waals surface area (Å²) in [4.78, 5) is 0. The minimum atomic E-state index is 0.539. The molecule has 0 bridgehead atoms. The predicted molar refractivity (Wildman–Crippen MR) is 75.8 cm³/mol. The minimum Gasteiger partial charge on any atom is -0.0654 e. The van der Waals surface area contributed by atoms with Gasteiger partial charge in [-0.2, -0.15) is 0 Å². The molecule has 0 fully saturated rings. The van der Waals surface area contributed by atoms with Crippen LogP contribution in [0.5, 0.6) is 0 Å². The summed E-state index contributed by atoms with van der Waals surface area (Å²) in [6.07, 6.45) is 11.0. The highest BCUT2D eigenvalue weighted by molar-refractivity contribution is 4.83. The van der Waals surface area contributed by atoms with E-state index in [2.05, 4.69) is 41.5 Å². The van der Waals surface area contributed by atoms with Crippen LogP contribution in [0.1, 0.15) is 92.9 Å². The van der Waals surface area contributed by atoms with Crippen LogP contribution in [-0.2, 0) is 0 Å². The van der Waals surface area contributed by atoms with Crippen LogP contribution in [0, 0.1) is 10.8 Å². The van der Waals surface area contributed by atoms with Crippen LogP contribution >= 0.6 is 0 Å². The summed E-state index contributed by atoms with van der Waals surface area (Å²) in [6.45, 7) is 14.3. The normalized spacial score (nSPS) is 13.1. The van der Waals surface area contributed by atoms with E-state index in [1.807, 2.05) is 0 Å². The van der Waals surface area contributed by atoms with E-state index in [-0.39, 0.29) is 0 Å². The molecule has 0 saturated heterocycles. The smallest absolute Gasteiger partial charge is 0.0298 e. The van der Waals surface area contributed by atoms with Gasteiger partial charge in [0.2, 0.25) is 0 Å². The van der Waals surface area contributed by atoms with Gasteiger partial charge in [-0.05, 0) is 30.1 Å². The number of hydrogen-bond donors (Lipinski definition) is 0. The lowest BCUT2D eigenvalue weighted by Crippen LogP contribution is -2.27. The predicted octanol–water partition coefficient (Wildman–Crippen LogP) is 6.20. The molecule has 0 heteroatoms. The third kappa shape index (κ3) is 5.37. The van der Waals surface area contributed by atoms with Gasteiger partial charge in [0, 0.05) is 0 Å². The molecule has 16 heavy (non-hydrogen) atoms. The Morgan fingerprint density at radius 2 is 1.31 bits per heavy atom. The zero-order valence-corrected chi connectivity index (χ0v) is 12.7. The third-order valence-corrected chi connectivity index (χ3v) is 4.34. The van der Waals surface area contributed by atoms with Gasteiger partial charge in [-0.15, -0.1) is 0 Å². The van der Waals surface area contributed by atoms with Crippen LogP contribution in [0.3, 0.4) is 0 Å². The van der Waals surface area contributed by atoms with Gasteiger partial charge in [-0.1, -0.05) is 73.6 Å². The molecule has 0 radical (unpaired) electrons. The van der Waals surface area contributed by atoms with Crippen LogP contribution in [0.4, 0.5) is 0 Å². The molecule has 0 amide bonds. The topological polar surface area (TPSA) is 0 Å². The van der Waals surface area contributed by atoms with E-state index in [0.717, 1.165) is 0 Å². The maximum absolute atomic E-state index is 2.47. The second-order valence-electron chi connectivity index (χ2n) is 6.40. The van der Waals surface area contributed by atoms with Gasteiger partial charge in [-0.3, -0.25) is 0 Å². The maximum Gasteiger partial charge on any atom is -0.0298 e. The summed E-state index contributed by atoms with van der Waals surface area (Å²) >= 11 is 0. The molecule has 0 aromatic carbocycles. The molecule has 0 unspecified atom stereocenters. The first kappa shape index (κ1) is 16.0. The molecule has 0 aromatic rings. The highest BCUT2D eigenvalue weighted by Gasteiger charge is 2.32. The molecule has 0 aliphatic heterocycles. The Labute approximate surface area is 104 Å². The quantitative estimate of drug-likeness (QED) is 0.439. The summed E-state index contributed by atoms with van der Waals surface area (Å²) in [6, 6.07) is 0. The largest absolute Gasteiger partial charge is 0.0654 e. The average molecular weight is 226 g/mol. The fraction of sp³-hybridized carbons (Fsp3) is 1.00. The van der Waals surface area contributed by atoms with Crippen molar-refractivity contribution in [2.45, 2.75) is 92.9 Å². The van der Waals surface area contributed by atoms with Crippen molar-refractivity contribution in [1.82, 2.24) is 0 Å². The van der Waals surface area contributed by atoms with Crippen molar-refractivity contribution in [2.75, 3.05) is 0 Å². The molecule has 0 aliphatic carbocycles. The van der Waals surface area contributed by atoms with E-state index >= 15 is 0 Å². The van der Waals surface area contributed by atoms with Crippen molar-refractivity contribution in [3.05, 3.63) is 0 Å². The summed E-state index contributed by atoms with van der Waals surface area (Å²) in [5.74, 6) is 0. The van der Waals surface area contributed by atoms with Gasteiger partial charge >= 0.3 is 0 Å². The number of unbranched alkanes of at least 4 members (excludes halogenated alkanes) is 1. The Morgan fingerprint density at radius 3 is 1.69 bits per heavy atom. The Hall–Kier alpha value is 0. The van der Waals surface area contributed by atoms with Crippen molar-refractivity contribution in [1.29, 1.82) is 0 Å². The Balaban J connectivity index is 4.46. The second kappa shape index (κ2) is 7.35. The van der Waals surface area contributed by atoms with Crippen LogP contribution in [0.2, 0.25) is 0 Å². The first-order valence-electron chi connectivity index (χ1n) is 7.45. The first-order chi connectivity index (χ1) is 7.45. The summed E-state index contributed by atoms with van der Waals surface area (Å²) in [5, 5.41) is 0. The molecule has 0 aliphatic rings. The Kier molecular flexibility index (Phi) is 7.35. The maximum atomic E-state index is 2.47. The van der Waals surface area contributed by atoms with Crippen molar-refractivity contribution in [3.8, 4) is 0 Å². The van der Waals surface area contributed by atoms with Gasteiger partial charge in [0.05, 0.1) is 0 Å². The van der Waals surface area contributed by atoms with Crippen LogP contribution in [0.25, 0.3) is 0 Å². The highest BCUT2D eigenvalue weighted by Crippen LogP contribution is 2.44. The lowest BCUT2D eigenvalue weighted by molar-refractivity contribution is 0.121. The first-order valence-corrected chi connectivity index (χ1v) is 7.45. The van der Waals surface area contributed by atoms with Gasteiger partial charge < -0.3 is 0 Å². The van der Waals surface area contributed by atoms with Crippen LogP contribution in [-0.4, -0.2) is 0 Å². The van der Waals surface area contributed by atoms with Gasteiger partial charge in [0.15, 0.2) is 0 Å². The van der Waals surface area contributed by atoms with E-state index in [4.69, 9.17) is 0 Å². The van der Waals surface area contributed by atoms with Crippen LogP contribution in [0.15, 0.2) is 0 Å². The third-order valence-electron chi connectivity index (χ3n) is 4.34. The van der Waals surface area contributed by atoms with E-state index in [0.29, 0.717) is 10.8 Å². The monoisotopic (exact) mass is 226 g/mol. The van der Waals surface area contributed by atoms with Crippen LogP contribution < -0.4 is 0 Å². The molecular formula is C16H34. The van der Waals surface area contributed by atoms with E-state index in [1.54, 1.807) is 0 Å². The molecule has 98 valence electrons. The molecule has 0 spiro atoms. The van der Waals surface area contributed by atoms with Gasteiger partial charge in [0.1, 0.15) is 0 Å². The summed E-state index contributed by atoms with van der Waals surface area (Å²) in [5.41, 5.74) is 1.16. The molecule has 0 rings (SSSR count). The molecule has 0 N–H and O–H groups in total. The lowest BCUT2D eigenvalue weighted by atomic mass is 9.66. The molecular weight excluding hydrogens is 192 g/mol. The number of rotatable bonds is 9. The van der Waals surface area contributed by atoms with Crippen molar-refractivity contribution >= 4 is 0 Å². The Bertz CT molecular complexity index is 163. The van der Waals surface area contributed by atoms with Crippen molar-refractivity contribution in [3.63, 3.8) is 0 Å². The van der Waals surface area contributed by atoms with E-state index in [1.165, 1.54) is 51.4 Å². The molecule has 0 saturated carbocycles. The number of hydrogen-bond acceptors (Lipinski definition) is 0. The van der Waals surface area contributed by atoms with Crippen molar-refractivity contribution in [2.24, 2.45) is 10.8 Å². The molecule has 0 aromatic heterocycles. The van der Waals surface area contributed by atoms with Gasteiger partial charge in [0.25, 0.3) is 0 Å². The Morgan fingerprint density at radius 1 is 0.750 bits per heavy atom.